The van der Waals surface area contributed by atoms with Crippen molar-refractivity contribution in [3.05, 3.63) is 0 Å². The van der Waals surface area contributed by atoms with Gasteiger partial charge in [-0.05, 0) is 39.3 Å². The Balaban J connectivity index is 2.30. The van der Waals surface area contributed by atoms with E-state index in [1.54, 1.807) is 0 Å². The molecule has 16 heavy (non-hydrogen) atoms. The molecule has 0 aromatic carbocycles. The van der Waals surface area contributed by atoms with Gasteiger partial charge in [-0.1, -0.05) is 13.8 Å². The summed E-state index contributed by atoms with van der Waals surface area (Å²) >= 11 is 0. The SMILES string of the molecule is CC(C)C(CNC1CCCOCC1)N(C)C. The summed E-state index contributed by atoms with van der Waals surface area (Å²) in [5.41, 5.74) is 0. The Morgan fingerprint density at radius 2 is 2.00 bits per heavy atom. The molecular weight excluding hydrogens is 200 g/mol. The van der Waals surface area contributed by atoms with Crippen molar-refractivity contribution in [1.82, 2.24) is 10.2 Å². The second kappa shape index (κ2) is 7.25. The van der Waals surface area contributed by atoms with Gasteiger partial charge in [0.25, 0.3) is 0 Å². The van der Waals surface area contributed by atoms with Crippen molar-refractivity contribution in [2.75, 3.05) is 33.9 Å². The molecule has 0 aromatic rings. The summed E-state index contributed by atoms with van der Waals surface area (Å²) in [6.45, 7) is 7.55. The van der Waals surface area contributed by atoms with Crippen LogP contribution in [0.5, 0.6) is 0 Å². The molecule has 0 spiro atoms. The Morgan fingerprint density at radius 3 is 2.62 bits per heavy atom. The molecule has 0 radical (unpaired) electrons. The molecule has 0 aliphatic carbocycles. The summed E-state index contributed by atoms with van der Waals surface area (Å²) in [4.78, 5) is 2.32. The Hall–Kier alpha value is -0.120. The first kappa shape index (κ1) is 13.9. The van der Waals surface area contributed by atoms with Gasteiger partial charge in [0, 0.05) is 31.8 Å². The second-order valence-corrected chi connectivity index (χ2v) is 5.42. The van der Waals surface area contributed by atoms with Crippen molar-refractivity contribution in [2.24, 2.45) is 5.92 Å². The van der Waals surface area contributed by atoms with E-state index in [0.29, 0.717) is 18.0 Å². The molecular formula is C13H28N2O. The van der Waals surface area contributed by atoms with Crippen molar-refractivity contribution in [3.63, 3.8) is 0 Å². The Kier molecular flexibility index (Phi) is 6.32. The monoisotopic (exact) mass is 228 g/mol. The first-order valence-electron chi connectivity index (χ1n) is 6.58. The van der Waals surface area contributed by atoms with Gasteiger partial charge in [-0.15, -0.1) is 0 Å². The fourth-order valence-electron chi connectivity index (χ4n) is 2.41. The first-order valence-corrected chi connectivity index (χ1v) is 6.58. The molecule has 0 saturated carbocycles. The lowest BCUT2D eigenvalue weighted by molar-refractivity contribution is 0.142. The molecule has 1 saturated heterocycles. The van der Waals surface area contributed by atoms with Crippen LogP contribution in [0.1, 0.15) is 33.1 Å². The summed E-state index contributed by atoms with van der Waals surface area (Å²) in [6.07, 6.45) is 3.63. The average molecular weight is 228 g/mol. The van der Waals surface area contributed by atoms with Gasteiger partial charge in [0.05, 0.1) is 0 Å². The highest BCUT2D eigenvalue weighted by molar-refractivity contribution is 4.77. The first-order chi connectivity index (χ1) is 7.61. The van der Waals surface area contributed by atoms with Crippen LogP contribution in [-0.2, 0) is 4.74 Å². The third kappa shape index (κ3) is 4.81. The Labute approximate surface area is 101 Å². The average Bonchev–Trinajstić information content (AvgIpc) is 2.45. The van der Waals surface area contributed by atoms with Gasteiger partial charge in [-0.2, -0.15) is 0 Å². The quantitative estimate of drug-likeness (QED) is 0.775. The Bertz CT molecular complexity index is 167. The zero-order valence-corrected chi connectivity index (χ0v) is 11.3. The maximum atomic E-state index is 5.48. The lowest BCUT2D eigenvalue weighted by Gasteiger charge is -2.30. The topological polar surface area (TPSA) is 24.5 Å². The molecule has 1 rings (SSSR count). The number of ether oxygens (including phenoxy) is 1. The third-order valence-corrected chi connectivity index (χ3v) is 3.50. The van der Waals surface area contributed by atoms with Gasteiger partial charge in [-0.25, -0.2) is 0 Å². The van der Waals surface area contributed by atoms with Crippen LogP contribution in [0.4, 0.5) is 0 Å². The number of nitrogens with one attached hydrogen (secondary N) is 1. The van der Waals surface area contributed by atoms with Crippen LogP contribution in [0, 0.1) is 5.92 Å². The fraction of sp³-hybridized carbons (Fsp3) is 1.00. The third-order valence-electron chi connectivity index (χ3n) is 3.50. The molecule has 0 amide bonds. The van der Waals surface area contributed by atoms with Crippen molar-refractivity contribution in [1.29, 1.82) is 0 Å². The van der Waals surface area contributed by atoms with Crippen molar-refractivity contribution in [3.8, 4) is 0 Å². The van der Waals surface area contributed by atoms with E-state index in [9.17, 15) is 0 Å². The fourth-order valence-corrected chi connectivity index (χ4v) is 2.41. The predicted octanol–water partition coefficient (Wildman–Crippen LogP) is 1.73. The highest BCUT2D eigenvalue weighted by Crippen LogP contribution is 2.10. The predicted molar refractivity (Wildman–Crippen MR) is 68.8 cm³/mol. The largest absolute Gasteiger partial charge is 0.381 e. The summed E-state index contributed by atoms with van der Waals surface area (Å²) in [6, 6.07) is 1.29. The van der Waals surface area contributed by atoms with Gasteiger partial charge in [0.15, 0.2) is 0 Å². The van der Waals surface area contributed by atoms with Crippen LogP contribution in [0.2, 0.25) is 0 Å². The van der Waals surface area contributed by atoms with E-state index in [-0.39, 0.29) is 0 Å². The van der Waals surface area contributed by atoms with Gasteiger partial charge in [0.1, 0.15) is 0 Å². The maximum Gasteiger partial charge on any atom is 0.0480 e. The molecule has 2 atom stereocenters. The van der Waals surface area contributed by atoms with Crippen LogP contribution in [0.15, 0.2) is 0 Å². The van der Waals surface area contributed by atoms with Crippen LogP contribution >= 0.6 is 0 Å². The summed E-state index contributed by atoms with van der Waals surface area (Å²) in [5, 5.41) is 3.70. The second-order valence-electron chi connectivity index (χ2n) is 5.42. The van der Waals surface area contributed by atoms with Crippen molar-refractivity contribution in [2.45, 2.75) is 45.2 Å². The summed E-state index contributed by atoms with van der Waals surface area (Å²) in [5.74, 6) is 0.699. The van der Waals surface area contributed by atoms with Crippen molar-refractivity contribution >= 4 is 0 Å². The molecule has 3 nitrogen and oxygen atoms in total. The molecule has 2 unspecified atom stereocenters. The van der Waals surface area contributed by atoms with Crippen LogP contribution in [0.25, 0.3) is 0 Å². The normalized spacial score (nSPS) is 24.8. The van der Waals surface area contributed by atoms with Crippen LogP contribution in [-0.4, -0.2) is 50.8 Å². The van der Waals surface area contributed by atoms with E-state index in [4.69, 9.17) is 4.74 Å². The highest BCUT2D eigenvalue weighted by Gasteiger charge is 2.18. The van der Waals surface area contributed by atoms with E-state index in [1.807, 2.05) is 0 Å². The lowest BCUT2D eigenvalue weighted by Crippen LogP contribution is -2.44. The summed E-state index contributed by atoms with van der Waals surface area (Å²) < 4.78 is 5.48. The molecule has 0 bridgehead atoms. The van der Waals surface area contributed by atoms with Gasteiger partial charge < -0.3 is 15.0 Å². The minimum Gasteiger partial charge on any atom is -0.381 e. The smallest absolute Gasteiger partial charge is 0.0480 e. The lowest BCUT2D eigenvalue weighted by atomic mass is 10.0. The molecule has 1 aliphatic heterocycles. The number of likely N-dealkylation sites (N-methyl/N-ethyl adjacent to an activating group) is 1. The van der Waals surface area contributed by atoms with E-state index in [2.05, 4.69) is 38.2 Å². The van der Waals surface area contributed by atoms with E-state index >= 15 is 0 Å². The van der Waals surface area contributed by atoms with E-state index < -0.39 is 0 Å². The van der Waals surface area contributed by atoms with Gasteiger partial charge >= 0.3 is 0 Å². The molecule has 1 N–H and O–H groups in total. The number of hydrogen-bond acceptors (Lipinski definition) is 3. The Morgan fingerprint density at radius 1 is 1.25 bits per heavy atom. The van der Waals surface area contributed by atoms with Gasteiger partial charge in [-0.3, -0.25) is 0 Å². The molecule has 96 valence electrons. The maximum absolute atomic E-state index is 5.48. The van der Waals surface area contributed by atoms with E-state index in [1.165, 1.54) is 12.8 Å². The molecule has 0 aromatic heterocycles. The van der Waals surface area contributed by atoms with Gasteiger partial charge in [0.2, 0.25) is 0 Å². The summed E-state index contributed by atoms with van der Waals surface area (Å²) in [7, 11) is 4.34. The highest BCUT2D eigenvalue weighted by atomic mass is 16.5. The number of rotatable bonds is 5. The molecule has 1 heterocycles. The molecule has 3 heteroatoms. The number of nitrogens with zero attached hydrogens (tertiary/aromatic N) is 1. The zero-order chi connectivity index (χ0) is 12.0. The van der Waals surface area contributed by atoms with Crippen molar-refractivity contribution < 1.29 is 4.74 Å². The molecule has 1 fully saturated rings. The van der Waals surface area contributed by atoms with Crippen LogP contribution < -0.4 is 5.32 Å². The standard InChI is InChI=1S/C13H28N2O/c1-11(2)13(15(3)4)10-14-12-6-5-8-16-9-7-12/h11-14H,5-10H2,1-4H3. The number of hydrogen-bond donors (Lipinski definition) is 1. The van der Waals surface area contributed by atoms with E-state index in [0.717, 1.165) is 26.2 Å². The van der Waals surface area contributed by atoms with Crippen LogP contribution in [0.3, 0.4) is 0 Å². The zero-order valence-electron chi connectivity index (χ0n) is 11.3. The minimum absolute atomic E-state index is 0.629. The molecule has 1 aliphatic rings. The minimum atomic E-state index is 0.629.